The lowest BCUT2D eigenvalue weighted by Gasteiger charge is -2.29. The molecule has 2 N–H and O–H groups in total. The Bertz CT molecular complexity index is 527. The van der Waals surface area contributed by atoms with Gasteiger partial charge in [0.05, 0.1) is 6.20 Å². The molecule has 5 heteroatoms. The molecule has 0 bridgehead atoms. The van der Waals surface area contributed by atoms with Gasteiger partial charge in [-0.15, -0.1) is 0 Å². The van der Waals surface area contributed by atoms with E-state index in [-0.39, 0.29) is 5.54 Å². The van der Waals surface area contributed by atoms with E-state index < -0.39 is 0 Å². The molecule has 0 aromatic carbocycles. The molecule has 0 saturated carbocycles. The van der Waals surface area contributed by atoms with E-state index in [0.29, 0.717) is 0 Å². The molecular weight excluding hydrogens is 226 g/mol. The molecule has 2 heterocycles. The SMILES string of the molecule is CCC(C)(CC)Nc1nc(NC)cn2ccnc12. The first-order chi connectivity index (χ1) is 8.61. The Morgan fingerprint density at radius 2 is 2.06 bits per heavy atom. The van der Waals surface area contributed by atoms with Gasteiger partial charge in [-0.1, -0.05) is 13.8 Å². The van der Waals surface area contributed by atoms with Gasteiger partial charge in [0.2, 0.25) is 0 Å². The zero-order valence-corrected chi connectivity index (χ0v) is 11.5. The number of fused-ring (bicyclic) bond motifs is 1. The molecule has 0 aliphatic carbocycles. The Morgan fingerprint density at radius 3 is 2.67 bits per heavy atom. The summed E-state index contributed by atoms with van der Waals surface area (Å²) in [6, 6.07) is 0. The van der Waals surface area contributed by atoms with Crippen LogP contribution in [0.15, 0.2) is 18.6 Å². The summed E-state index contributed by atoms with van der Waals surface area (Å²) in [5.41, 5.74) is 0.911. The van der Waals surface area contributed by atoms with Crippen molar-refractivity contribution in [1.82, 2.24) is 14.4 Å². The standard InChI is InChI=1S/C13H21N5/c1-5-13(3,6-2)17-11-12-15-7-8-18(12)9-10(14-4)16-11/h7-9,14H,5-6H2,1-4H3,(H,16,17). The highest BCUT2D eigenvalue weighted by Crippen LogP contribution is 2.24. The Hall–Kier alpha value is -1.78. The van der Waals surface area contributed by atoms with Crippen molar-refractivity contribution in [3.05, 3.63) is 18.6 Å². The first-order valence-corrected chi connectivity index (χ1v) is 6.41. The zero-order valence-electron chi connectivity index (χ0n) is 11.5. The first kappa shape index (κ1) is 12.7. The molecule has 0 spiro atoms. The van der Waals surface area contributed by atoms with Crippen molar-refractivity contribution in [3.63, 3.8) is 0 Å². The minimum Gasteiger partial charge on any atom is -0.372 e. The van der Waals surface area contributed by atoms with Crippen LogP contribution in [0.25, 0.3) is 5.65 Å². The number of imidazole rings is 1. The zero-order chi connectivity index (χ0) is 13.2. The Kier molecular flexibility index (Phi) is 3.41. The van der Waals surface area contributed by atoms with Crippen LogP contribution in [0.3, 0.4) is 0 Å². The van der Waals surface area contributed by atoms with E-state index in [1.54, 1.807) is 6.20 Å². The lowest BCUT2D eigenvalue weighted by Crippen LogP contribution is -2.33. The highest BCUT2D eigenvalue weighted by Gasteiger charge is 2.21. The minimum absolute atomic E-state index is 0.0474. The van der Waals surface area contributed by atoms with E-state index in [9.17, 15) is 0 Å². The van der Waals surface area contributed by atoms with E-state index in [0.717, 1.165) is 30.1 Å². The van der Waals surface area contributed by atoms with Gasteiger partial charge in [-0.2, -0.15) is 0 Å². The fraction of sp³-hybridized carbons (Fsp3) is 0.538. The van der Waals surface area contributed by atoms with Gasteiger partial charge < -0.3 is 15.0 Å². The van der Waals surface area contributed by atoms with Gasteiger partial charge >= 0.3 is 0 Å². The van der Waals surface area contributed by atoms with Crippen LogP contribution in [0.2, 0.25) is 0 Å². The van der Waals surface area contributed by atoms with Crippen LogP contribution < -0.4 is 10.6 Å². The molecule has 2 aromatic rings. The lowest BCUT2D eigenvalue weighted by molar-refractivity contribution is 0.477. The maximum atomic E-state index is 4.57. The second-order valence-corrected chi connectivity index (χ2v) is 4.78. The van der Waals surface area contributed by atoms with Crippen LogP contribution in [-0.4, -0.2) is 27.0 Å². The number of aromatic nitrogens is 3. The van der Waals surface area contributed by atoms with Crippen molar-refractivity contribution >= 4 is 17.3 Å². The summed E-state index contributed by atoms with van der Waals surface area (Å²) in [5.74, 6) is 1.66. The van der Waals surface area contributed by atoms with E-state index >= 15 is 0 Å². The first-order valence-electron chi connectivity index (χ1n) is 6.41. The summed E-state index contributed by atoms with van der Waals surface area (Å²) in [6.07, 6.45) is 7.74. The van der Waals surface area contributed by atoms with E-state index in [4.69, 9.17) is 0 Å². The van der Waals surface area contributed by atoms with Crippen LogP contribution in [-0.2, 0) is 0 Å². The fourth-order valence-corrected chi connectivity index (χ4v) is 1.85. The molecule has 18 heavy (non-hydrogen) atoms. The highest BCUT2D eigenvalue weighted by atomic mass is 15.2. The summed E-state index contributed by atoms with van der Waals surface area (Å²) in [7, 11) is 1.87. The molecule has 2 rings (SSSR count). The minimum atomic E-state index is 0.0474. The van der Waals surface area contributed by atoms with Crippen LogP contribution in [0.5, 0.6) is 0 Å². The molecule has 0 aliphatic heterocycles. The van der Waals surface area contributed by atoms with Crippen molar-refractivity contribution in [2.75, 3.05) is 17.7 Å². The Labute approximate surface area is 108 Å². The van der Waals surface area contributed by atoms with Gasteiger partial charge in [0, 0.05) is 25.0 Å². The second kappa shape index (κ2) is 4.84. The van der Waals surface area contributed by atoms with Gasteiger partial charge in [0.25, 0.3) is 0 Å². The van der Waals surface area contributed by atoms with E-state index in [2.05, 4.69) is 41.4 Å². The summed E-state index contributed by atoms with van der Waals surface area (Å²) < 4.78 is 1.98. The molecule has 0 unspecified atom stereocenters. The Morgan fingerprint density at radius 1 is 1.33 bits per heavy atom. The van der Waals surface area contributed by atoms with Crippen molar-refractivity contribution in [1.29, 1.82) is 0 Å². The van der Waals surface area contributed by atoms with Crippen molar-refractivity contribution in [2.45, 2.75) is 39.2 Å². The van der Waals surface area contributed by atoms with Gasteiger partial charge in [-0.3, -0.25) is 0 Å². The molecule has 0 saturated heterocycles. The number of hydrogen-bond donors (Lipinski definition) is 2. The molecule has 0 atom stereocenters. The molecule has 0 aliphatic rings. The third-order valence-corrected chi connectivity index (χ3v) is 3.61. The molecule has 0 amide bonds. The predicted molar refractivity (Wildman–Crippen MR) is 75.1 cm³/mol. The average Bonchev–Trinajstić information content (AvgIpc) is 2.86. The van der Waals surface area contributed by atoms with Crippen LogP contribution in [0.1, 0.15) is 33.6 Å². The maximum absolute atomic E-state index is 4.57. The number of nitrogens with zero attached hydrogens (tertiary/aromatic N) is 3. The number of rotatable bonds is 5. The monoisotopic (exact) mass is 247 g/mol. The molecule has 0 radical (unpaired) electrons. The average molecular weight is 247 g/mol. The maximum Gasteiger partial charge on any atom is 0.180 e. The van der Waals surface area contributed by atoms with Gasteiger partial charge in [-0.05, 0) is 19.8 Å². The Balaban J connectivity index is 2.45. The summed E-state index contributed by atoms with van der Waals surface area (Å²) in [6.45, 7) is 6.57. The topological polar surface area (TPSA) is 54.2 Å². The highest BCUT2D eigenvalue weighted by molar-refractivity contribution is 5.66. The number of anilines is 2. The van der Waals surface area contributed by atoms with Gasteiger partial charge in [-0.25, -0.2) is 9.97 Å². The lowest BCUT2D eigenvalue weighted by atomic mass is 9.96. The summed E-state index contributed by atoms with van der Waals surface area (Å²) in [4.78, 5) is 8.92. The van der Waals surface area contributed by atoms with Crippen LogP contribution in [0.4, 0.5) is 11.6 Å². The second-order valence-electron chi connectivity index (χ2n) is 4.78. The normalized spacial score (nSPS) is 11.8. The van der Waals surface area contributed by atoms with E-state index in [1.165, 1.54) is 0 Å². The van der Waals surface area contributed by atoms with Crippen LogP contribution in [0, 0.1) is 0 Å². The third kappa shape index (κ3) is 2.25. The predicted octanol–water partition coefficient (Wildman–Crippen LogP) is 2.76. The molecule has 0 fully saturated rings. The number of hydrogen-bond acceptors (Lipinski definition) is 4. The van der Waals surface area contributed by atoms with E-state index in [1.807, 2.05) is 23.8 Å². The number of nitrogens with one attached hydrogen (secondary N) is 2. The van der Waals surface area contributed by atoms with Crippen molar-refractivity contribution < 1.29 is 0 Å². The van der Waals surface area contributed by atoms with Gasteiger partial charge in [0.1, 0.15) is 5.82 Å². The smallest absolute Gasteiger partial charge is 0.180 e. The fourth-order valence-electron chi connectivity index (χ4n) is 1.85. The van der Waals surface area contributed by atoms with Crippen molar-refractivity contribution in [3.8, 4) is 0 Å². The van der Waals surface area contributed by atoms with Crippen LogP contribution >= 0.6 is 0 Å². The summed E-state index contributed by atoms with van der Waals surface area (Å²) in [5, 5.41) is 6.60. The largest absolute Gasteiger partial charge is 0.372 e. The third-order valence-electron chi connectivity index (χ3n) is 3.61. The summed E-state index contributed by atoms with van der Waals surface area (Å²) >= 11 is 0. The molecule has 2 aromatic heterocycles. The molecule has 98 valence electrons. The molecular formula is C13H21N5. The quantitative estimate of drug-likeness (QED) is 0.853. The van der Waals surface area contributed by atoms with Gasteiger partial charge in [0.15, 0.2) is 11.5 Å². The molecule has 5 nitrogen and oxygen atoms in total. The van der Waals surface area contributed by atoms with Crippen molar-refractivity contribution in [2.24, 2.45) is 0 Å².